The second-order valence-electron chi connectivity index (χ2n) is 5.61. The van der Waals surface area contributed by atoms with Crippen LogP contribution in [0.5, 0.6) is 11.5 Å². The molecule has 1 aromatic heterocycles. The zero-order valence-electron chi connectivity index (χ0n) is 15.4. The first-order valence-corrected chi connectivity index (χ1v) is 8.36. The summed E-state index contributed by atoms with van der Waals surface area (Å²) in [6, 6.07) is 7.94. The monoisotopic (exact) mass is 345 g/mol. The van der Waals surface area contributed by atoms with Crippen molar-refractivity contribution in [2.75, 3.05) is 34.4 Å². The van der Waals surface area contributed by atoms with Gasteiger partial charge in [0, 0.05) is 26.3 Å². The van der Waals surface area contributed by atoms with E-state index in [1.165, 1.54) is 5.56 Å². The van der Waals surface area contributed by atoms with E-state index in [0.717, 1.165) is 42.7 Å². The Morgan fingerprint density at radius 1 is 1.24 bits per heavy atom. The topological polar surface area (TPSA) is 74.8 Å². The number of guanidine groups is 1. The minimum absolute atomic E-state index is 0.572. The number of aromatic amines is 1. The molecule has 0 atom stereocenters. The summed E-state index contributed by atoms with van der Waals surface area (Å²) in [6.07, 6.45) is 2.61. The lowest BCUT2D eigenvalue weighted by Gasteiger charge is -2.22. The number of aliphatic imine (C=N–C) groups is 1. The molecule has 2 aromatic rings. The van der Waals surface area contributed by atoms with E-state index < -0.39 is 0 Å². The van der Waals surface area contributed by atoms with E-state index in [9.17, 15) is 0 Å². The molecule has 25 heavy (non-hydrogen) atoms. The smallest absolute Gasteiger partial charge is 0.194 e. The number of nitrogens with zero attached hydrogens (tertiary/aromatic N) is 3. The molecule has 136 valence electrons. The Kier molecular flexibility index (Phi) is 7.13. The van der Waals surface area contributed by atoms with E-state index >= 15 is 0 Å². The molecular weight excluding hydrogens is 318 g/mol. The van der Waals surface area contributed by atoms with Gasteiger partial charge in [0.25, 0.3) is 0 Å². The molecule has 0 aliphatic rings. The van der Waals surface area contributed by atoms with Crippen LogP contribution < -0.4 is 14.8 Å². The van der Waals surface area contributed by atoms with Gasteiger partial charge in [0.05, 0.1) is 26.5 Å². The number of rotatable bonds is 8. The van der Waals surface area contributed by atoms with Gasteiger partial charge >= 0.3 is 0 Å². The summed E-state index contributed by atoms with van der Waals surface area (Å²) in [6.45, 7) is 4.30. The van der Waals surface area contributed by atoms with Crippen molar-refractivity contribution in [2.24, 2.45) is 4.99 Å². The van der Waals surface area contributed by atoms with Gasteiger partial charge in [-0.05, 0) is 37.1 Å². The van der Waals surface area contributed by atoms with E-state index in [1.54, 1.807) is 20.4 Å². The van der Waals surface area contributed by atoms with Gasteiger partial charge in [0.2, 0.25) is 0 Å². The number of benzene rings is 1. The van der Waals surface area contributed by atoms with Crippen LogP contribution in [0.3, 0.4) is 0 Å². The standard InChI is InChI=1S/C18H27N5O2/c1-5-19-18(20-13-15-8-10-21-22-15)23(2)11-9-14-6-7-16(24-3)17(12-14)25-4/h6-8,10,12H,5,9,11,13H2,1-4H3,(H,19,20)(H,21,22). The molecule has 7 heteroatoms. The van der Waals surface area contributed by atoms with Gasteiger partial charge in [-0.3, -0.25) is 5.10 Å². The van der Waals surface area contributed by atoms with Gasteiger partial charge in [-0.1, -0.05) is 6.07 Å². The summed E-state index contributed by atoms with van der Waals surface area (Å²) in [5.41, 5.74) is 2.18. The molecule has 1 aromatic carbocycles. The summed E-state index contributed by atoms with van der Waals surface area (Å²) in [4.78, 5) is 6.77. The third-order valence-electron chi connectivity index (χ3n) is 3.84. The van der Waals surface area contributed by atoms with E-state index in [1.807, 2.05) is 25.2 Å². The average molecular weight is 345 g/mol. The number of nitrogens with one attached hydrogen (secondary N) is 2. The molecule has 0 radical (unpaired) electrons. The zero-order valence-corrected chi connectivity index (χ0v) is 15.4. The molecule has 0 amide bonds. The van der Waals surface area contributed by atoms with Crippen LogP contribution in [0, 0.1) is 0 Å². The van der Waals surface area contributed by atoms with Crippen molar-refractivity contribution in [1.29, 1.82) is 0 Å². The molecule has 0 unspecified atom stereocenters. The summed E-state index contributed by atoms with van der Waals surface area (Å²) in [7, 11) is 5.33. The highest BCUT2D eigenvalue weighted by Gasteiger charge is 2.08. The molecule has 2 N–H and O–H groups in total. The van der Waals surface area contributed by atoms with Crippen LogP contribution in [0.25, 0.3) is 0 Å². The number of aromatic nitrogens is 2. The molecule has 0 spiro atoms. The van der Waals surface area contributed by atoms with E-state index in [0.29, 0.717) is 6.54 Å². The summed E-state index contributed by atoms with van der Waals surface area (Å²) in [5, 5.41) is 10.2. The first-order valence-electron chi connectivity index (χ1n) is 8.36. The maximum atomic E-state index is 5.37. The minimum Gasteiger partial charge on any atom is -0.493 e. The SMILES string of the molecule is CCNC(=NCc1ccn[nH]1)N(C)CCc1ccc(OC)c(OC)c1. The lowest BCUT2D eigenvalue weighted by molar-refractivity contribution is 0.354. The predicted molar refractivity (Wildman–Crippen MR) is 99.3 cm³/mol. The number of H-pyrrole nitrogens is 1. The third kappa shape index (κ3) is 5.41. The lowest BCUT2D eigenvalue weighted by atomic mass is 10.1. The molecule has 0 aliphatic heterocycles. The fourth-order valence-corrected chi connectivity index (χ4v) is 2.44. The zero-order chi connectivity index (χ0) is 18.1. The molecule has 0 saturated carbocycles. The number of likely N-dealkylation sites (N-methyl/N-ethyl adjacent to an activating group) is 1. The van der Waals surface area contributed by atoms with Crippen molar-refractivity contribution >= 4 is 5.96 Å². The van der Waals surface area contributed by atoms with Crippen LogP contribution in [0.1, 0.15) is 18.2 Å². The van der Waals surface area contributed by atoms with Crippen LogP contribution in [-0.2, 0) is 13.0 Å². The highest BCUT2D eigenvalue weighted by atomic mass is 16.5. The predicted octanol–water partition coefficient (Wildman–Crippen LogP) is 2.07. The Hall–Kier alpha value is -2.70. The van der Waals surface area contributed by atoms with Gasteiger partial charge in [-0.15, -0.1) is 0 Å². The maximum Gasteiger partial charge on any atom is 0.194 e. The first kappa shape index (κ1) is 18.6. The molecule has 0 aliphatic carbocycles. The van der Waals surface area contributed by atoms with Gasteiger partial charge in [-0.2, -0.15) is 5.10 Å². The molecule has 0 bridgehead atoms. The molecule has 0 fully saturated rings. The Bertz CT molecular complexity index is 670. The molecule has 2 rings (SSSR count). The third-order valence-corrected chi connectivity index (χ3v) is 3.84. The van der Waals surface area contributed by atoms with Gasteiger partial charge < -0.3 is 19.7 Å². The lowest BCUT2D eigenvalue weighted by Crippen LogP contribution is -2.40. The maximum absolute atomic E-state index is 5.37. The van der Waals surface area contributed by atoms with Gasteiger partial charge in [0.1, 0.15) is 0 Å². The molecular formula is C18H27N5O2. The molecule has 1 heterocycles. The Balaban J connectivity index is 1.98. The Labute approximate surface area is 149 Å². The minimum atomic E-state index is 0.572. The van der Waals surface area contributed by atoms with Crippen molar-refractivity contribution in [1.82, 2.24) is 20.4 Å². The van der Waals surface area contributed by atoms with Crippen LogP contribution in [0.15, 0.2) is 35.5 Å². The van der Waals surface area contributed by atoms with Crippen molar-refractivity contribution < 1.29 is 9.47 Å². The largest absolute Gasteiger partial charge is 0.493 e. The van der Waals surface area contributed by atoms with Gasteiger partial charge in [0.15, 0.2) is 17.5 Å². The molecule has 0 saturated heterocycles. The van der Waals surface area contributed by atoms with Crippen molar-refractivity contribution in [3.05, 3.63) is 41.7 Å². The fraction of sp³-hybridized carbons (Fsp3) is 0.444. The highest BCUT2D eigenvalue weighted by Crippen LogP contribution is 2.27. The van der Waals surface area contributed by atoms with Crippen LogP contribution in [-0.4, -0.2) is 55.4 Å². The fourth-order valence-electron chi connectivity index (χ4n) is 2.44. The van der Waals surface area contributed by atoms with Crippen LogP contribution >= 0.6 is 0 Å². The van der Waals surface area contributed by atoms with E-state index in [4.69, 9.17) is 9.47 Å². The summed E-state index contributed by atoms with van der Waals surface area (Å²) >= 11 is 0. The Morgan fingerprint density at radius 3 is 2.68 bits per heavy atom. The first-order chi connectivity index (χ1) is 12.2. The second-order valence-corrected chi connectivity index (χ2v) is 5.61. The van der Waals surface area contributed by atoms with Crippen molar-refractivity contribution in [2.45, 2.75) is 19.9 Å². The summed E-state index contributed by atoms with van der Waals surface area (Å²) in [5.74, 6) is 2.37. The van der Waals surface area contributed by atoms with E-state index in [-0.39, 0.29) is 0 Å². The second kappa shape index (κ2) is 9.56. The molecule has 7 nitrogen and oxygen atoms in total. The van der Waals surface area contributed by atoms with Gasteiger partial charge in [-0.25, -0.2) is 4.99 Å². The number of ether oxygens (including phenoxy) is 2. The van der Waals surface area contributed by atoms with Crippen molar-refractivity contribution in [3.63, 3.8) is 0 Å². The quantitative estimate of drug-likeness (QED) is 0.566. The average Bonchev–Trinajstić information content (AvgIpc) is 3.16. The van der Waals surface area contributed by atoms with E-state index in [2.05, 4.69) is 38.4 Å². The van der Waals surface area contributed by atoms with Crippen molar-refractivity contribution in [3.8, 4) is 11.5 Å². The highest BCUT2D eigenvalue weighted by molar-refractivity contribution is 5.79. The number of methoxy groups -OCH3 is 2. The van der Waals surface area contributed by atoms with Crippen LogP contribution in [0.2, 0.25) is 0 Å². The number of hydrogen-bond donors (Lipinski definition) is 2. The summed E-state index contributed by atoms with van der Waals surface area (Å²) < 4.78 is 10.6. The normalized spacial score (nSPS) is 11.3. The number of hydrogen-bond acceptors (Lipinski definition) is 4. The van der Waals surface area contributed by atoms with Crippen LogP contribution in [0.4, 0.5) is 0 Å². The Morgan fingerprint density at radius 2 is 2.04 bits per heavy atom.